The summed E-state index contributed by atoms with van der Waals surface area (Å²) in [5.41, 5.74) is 0.191. The summed E-state index contributed by atoms with van der Waals surface area (Å²) in [4.78, 5) is 1.85. The molecule has 8 heteroatoms. The lowest BCUT2D eigenvalue weighted by atomic mass is 10.3. The van der Waals surface area contributed by atoms with Crippen molar-refractivity contribution in [2.75, 3.05) is 11.8 Å². The fourth-order valence-electron chi connectivity index (χ4n) is 1.82. The van der Waals surface area contributed by atoms with E-state index in [2.05, 4.69) is 26.0 Å². The first kappa shape index (κ1) is 16.4. The quantitative estimate of drug-likeness (QED) is 0.818. The van der Waals surface area contributed by atoms with Gasteiger partial charge in [0.05, 0.1) is 10.2 Å². The molecule has 114 valence electrons. The zero-order valence-corrected chi connectivity index (χ0v) is 14.6. The van der Waals surface area contributed by atoms with Gasteiger partial charge in [-0.1, -0.05) is 0 Å². The van der Waals surface area contributed by atoms with Crippen molar-refractivity contribution in [2.24, 2.45) is 0 Å². The molecule has 1 aromatic heterocycles. The Morgan fingerprint density at radius 2 is 2.05 bits per heavy atom. The van der Waals surface area contributed by atoms with Crippen LogP contribution in [-0.2, 0) is 16.6 Å². The molecule has 0 aliphatic rings. The fraction of sp³-hybridized carbons (Fsp3) is 0.231. The summed E-state index contributed by atoms with van der Waals surface area (Å²) in [5.74, 6) is -0.520. The molecule has 2 N–H and O–H groups in total. The third-order valence-electron chi connectivity index (χ3n) is 2.74. The molecule has 0 saturated heterocycles. The van der Waals surface area contributed by atoms with Crippen molar-refractivity contribution in [2.45, 2.75) is 18.4 Å². The average Bonchev–Trinajstić information content (AvgIpc) is 2.76. The molecule has 1 heterocycles. The molecular weight excluding hydrogens is 379 g/mol. The van der Waals surface area contributed by atoms with Crippen molar-refractivity contribution in [1.29, 1.82) is 0 Å². The third-order valence-corrected chi connectivity index (χ3v) is 6.07. The SMILES string of the molecule is CNCc1cc(S(=O)(=O)Nc2ccc(Br)c(F)c2)c(C)s1. The second kappa shape index (κ2) is 6.43. The molecular formula is C13H14BrFN2O2S2. The summed E-state index contributed by atoms with van der Waals surface area (Å²) < 4.78 is 40.9. The molecule has 2 aromatic rings. The van der Waals surface area contributed by atoms with Gasteiger partial charge in [-0.25, -0.2) is 12.8 Å². The van der Waals surface area contributed by atoms with Crippen LogP contribution in [0.25, 0.3) is 0 Å². The maximum Gasteiger partial charge on any atom is 0.263 e. The second-order valence-corrected chi connectivity index (χ2v) is 8.24. The predicted octanol–water partition coefficient (Wildman–Crippen LogP) is 3.48. The lowest BCUT2D eigenvalue weighted by molar-refractivity contribution is 0.600. The van der Waals surface area contributed by atoms with E-state index in [4.69, 9.17) is 0 Å². The number of benzene rings is 1. The number of hydrogen-bond acceptors (Lipinski definition) is 4. The molecule has 0 saturated carbocycles. The molecule has 0 fully saturated rings. The van der Waals surface area contributed by atoms with Crippen molar-refractivity contribution >= 4 is 43.0 Å². The number of nitrogens with one attached hydrogen (secondary N) is 2. The highest BCUT2D eigenvalue weighted by Crippen LogP contribution is 2.28. The van der Waals surface area contributed by atoms with Crippen LogP contribution in [0.5, 0.6) is 0 Å². The number of thiophene rings is 1. The first-order chi connectivity index (χ1) is 9.83. The van der Waals surface area contributed by atoms with E-state index in [9.17, 15) is 12.8 Å². The van der Waals surface area contributed by atoms with Gasteiger partial charge in [-0.05, 0) is 54.2 Å². The van der Waals surface area contributed by atoms with Gasteiger partial charge in [0.25, 0.3) is 10.0 Å². The summed E-state index contributed by atoms with van der Waals surface area (Å²) in [6.45, 7) is 2.36. The number of halogens is 2. The van der Waals surface area contributed by atoms with Gasteiger partial charge in [0.2, 0.25) is 0 Å². The van der Waals surface area contributed by atoms with Gasteiger partial charge in [-0.15, -0.1) is 11.3 Å². The van der Waals surface area contributed by atoms with Crippen LogP contribution in [0.3, 0.4) is 0 Å². The first-order valence-corrected chi connectivity index (χ1v) is 9.14. The summed E-state index contributed by atoms with van der Waals surface area (Å²) in [7, 11) is -1.92. The van der Waals surface area contributed by atoms with Crippen molar-refractivity contribution in [3.05, 3.63) is 44.3 Å². The van der Waals surface area contributed by atoms with Crippen LogP contribution in [0.15, 0.2) is 33.6 Å². The van der Waals surface area contributed by atoms with Crippen LogP contribution in [0.1, 0.15) is 9.75 Å². The minimum Gasteiger partial charge on any atom is -0.315 e. The normalized spacial score (nSPS) is 11.6. The van der Waals surface area contributed by atoms with Crippen LogP contribution in [0, 0.1) is 12.7 Å². The zero-order chi connectivity index (χ0) is 15.6. The lowest BCUT2D eigenvalue weighted by Gasteiger charge is -2.08. The predicted molar refractivity (Wildman–Crippen MR) is 86.7 cm³/mol. The van der Waals surface area contributed by atoms with Gasteiger partial charge < -0.3 is 5.32 Å². The summed E-state index contributed by atoms with van der Waals surface area (Å²) in [6, 6.07) is 5.73. The Morgan fingerprint density at radius 1 is 1.33 bits per heavy atom. The van der Waals surface area contributed by atoms with Crippen molar-refractivity contribution in [3.8, 4) is 0 Å². The fourth-order valence-corrected chi connectivity index (χ4v) is 4.77. The van der Waals surface area contributed by atoms with Gasteiger partial charge in [0.15, 0.2) is 0 Å². The summed E-state index contributed by atoms with van der Waals surface area (Å²) >= 11 is 4.45. The maximum atomic E-state index is 13.5. The second-order valence-electron chi connectivity index (χ2n) is 4.40. The monoisotopic (exact) mass is 392 g/mol. The van der Waals surface area contributed by atoms with Gasteiger partial charge in [-0.2, -0.15) is 0 Å². The summed E-state index contributed by atoms with van der Waals surface area (Å²) in [6.07, 6.45) is 0. The highest BCUT2D eigenvalue weighted by atomic mass is 79.9. The van der Waals surface area contributed by atoms with Crippen LogP contribution in [0.2, 0.25) is 0 Å². The Hall–Kier alpha value is -0.960. The Kier molecular flexibility index (Phi) is 5.03. The van der Waals surface area contributed by atoms with Crippen LogP contribution in [0.4, 0.5) is 10.1 Å². The van der Waals surface area contributed by atoms with E-state index in [1.807, 2.05) is 0 Å². The Morgan fingerprint density at radius 3 is 2.67 bits per heavy atom. The van der Waals surface area contributed by atoms with E-state index in [0.717, 1.165) is 10.9 Å². The number of aryl methyl sites for hydroxylation is 1. The maximum absolute atomic E-state index is 13.5. The van der Waals surface area contributed by atoms with Gasteiger partial charge >= 0.3 is 0 Å². The van der Waals surface area contributed by atoms with Crippen molar-refractivity contribution in [3.63, 3.8) is 0 Å². The Bertz CT molecular complexity index is 760. The van der Waals surface area contributed by atoms with E-state index in [0.29, 0.717) is 11.4 Å². The van der Waals surface area contributed by atoms with Crippen LogP contribution in [-0.4, -0.2) is 15.5 Å². The molecule has 4 nitrogen and oxygen atoms in total. The molecule has 0 bridgehead atoms. The van der Waals surface area contributed by atoms with Crippen LogP contribution >= 0.6 is 27.3 Å². The molecule has 0 aliphatic heterocycles. The number of hydrogen-bond donors (Lipinski definition) is 2. The van der Waals surface area contributed by atoms with Crippen molar-refractivity contribution in [1.82, 2.24) is 5.32 Å². The van der Waals surface area contributed by atoms with E-state index in [1.165, 1.54) is 23.5 Å². The lowest BCUT2D eigenvalue weighted by Crippen LogP contribution is -2.13. The zero-order valence-electron chi connectivity index (χ0n) is 11.4. The molecule has 0 atom stereocenters. The average molecular weight is 393 g/mol. The molecule has 0 aliphatic carbocycles. The highest BCUT2D eigenvalue weighted by Gasteiger charge is 2.20. The molecule has 0 amide bonds. The molecule has 0 unspecified atom stereocenters. The first-order valence-electron chi connectivity index (χ1n) is 6.05. The Balaban J connectivity index is 2.31. The molecule has 0 radical (unpaired) electrons. The van der Waals surface area contributed by atoms with Gasteiger partial charge in [0.1, 0.15) is 10.7 Å². The highest BCUT2D eigenvalue weighted by molar-refractivity contribution is 9.10. The van der Waals surface area contributed by atoms with E-state index in [1.54, 1.807) is 20.0 Å². The molecule has 2 rings (SSSR count). The molecule has 1 aromatic carbocycles. The number of anilines is 1. The minimum absolute atomic E-state index is 0.191. The number of rotatable bonds is 5. The topological polar surface area (TPSA) is 58.2 Å². The van der Waals surface area contributed by atoms with E-state index >= 15 is 0 Å². The van der Waals surface area contributed by atoms with E-state index < -0.39 is 15.8 Å². The number of sulfonamides is 1. The molecule has 0 spiro atoms. The van der Waals surface area contributed by atoms with Gasteiger partial charge in [-0.3, -0.25) is 4.72 Å². The molecule has 21 heavy (non-hydrogen) atoms. The van der Waals surface area contributed by atoms with Crippen molar-refractivity contribution < 1.29 is 12.8 Å². The minimum atomic E-state index is -3.72. The standard InChI is InChI=1S/C13H14BrFN2O2S2/c1-8-13(6-10(20-8)7-16-2)21(18,19)17-9-3-4-11(14)12(15)5-9/h3-6,16-17H,7H2,1-2H3. The van der Waals surface area contributed by atoms with Crippen LogP contribution < -0.4 is 10.0 Å². The third kappa shape index (κ3) is 3.82. The smallest absolute Gasteiger partial charge is 0.263 e. The van der Waals surface area contributed by atoms with E-state index in [-0.39, 0.29) is 15.1 Å². The summed E-state index contributed by atoms with van der Waals surface area (Å²) in [5, 5.41) is 2.98. The largest absolute Gasteiger partial charge is 0.315 e. The Labute approximate surface area is 135 Å². The van der Waals surface area contributed by atoms with Gasteiger partial charge in [0, 0.05) is 16.3 Å².